The lowest BCUT2D eigenvalue weighted by Crippen LogP contribution is -2.25. The van der Waals surface area contributed by atoms with Crippen LogP contribution in [-0.2, 0) is 11.3 Å². The first-order valence-corrected chi connectivity index (χ1v) is 12.2. The molecule has 0 unspecified atom stereocenters. The van der Waals surface area contributed by atoms with Gasteiger partial charge in [-0.15, -0.1) is 6.58 Å². The van der Waals surface area contributed by atoms with E-state index in [0.29, 0.717) is 0 Å². The molecule has 160 valence electrons. The van der Waals surface area contributed by atoms with Crippen LogP contribution in [0.1, 0.15) is 94.6 Å². The van der Waals surface area contributed by atoms with Crippen molar-refractivity contribution in [2.45, 2.75) is 90.1 Å². The third-order valence-corrected chi connectivity index (χ3v) is 7.45. The zero-order valence-corrected chi connectivity index (χ0v) is 18.7. The van der Waals surface area contributed by atoms with Gasteiger partial charge in [0.15, 0.2) is 0 Å². The van der Waals surface area contributed by atoms with Gasteiger partial charge in [-0.25, -0.2) is 0 Å². The van der Waals surface area contributed by atoms with Crippen LogP contribution in [0.5, 0.6) is 0 Å². The summed E-state index contributed by atoms with van der Waals surface area (Å²) in [6.45, 7) is 7.47. The molecule has 3 rings (SSSR count). The fourth-order valence-corrected chi connectivity index (χ4v) is 5.59. The van der Waals surface area contributed by atoms with E-state index in [1.54, 1.807) is 5.56 Å². The standard InChI is InChI=1S/C28H42O/c1-3-5-7-21-29-22-24-11-15-26(16-12-24)28-19-17-27(18-20-28)25-13-9-23(10-14-25)8-6-4-2/h4-5,7,11-12,15-16,23,25,27-28H,2-3,6,8-10,13-14,17-22H2,1H3. The maximum absolute atomic E-state index is 5.73. The third-order valence-electron chi connectivity index (χ3n) is 7.45. The zero-order valence-electron chi connectivity index (χ0n) is 18.7. The molecule has 0 aliphatic heterocycles. The first kappa shape index (κ1) is 22.3. The van der Waals surface area contributed by atoms with E-state index in [2.05, 4.69) is 56.0 Å². The molecule has 2 aliphatic rings. The summed E-state index contributed by atoms with van der Waals surface area (Å²) in [6, 6.07) is 9.26. The van der Waals surface area contributed by atoms with Gasteiger partial charge in [0.05, 0.1) is 13.2 Å². The Hall–Kier alpha value is -1.34. The van der Waals surface area contributed by atoms with Crippen molar-refractivity contribution >= 4 is 0 Å². The van der Waals surface area contributed by atoms with Crippen molar-refractivity contribution in [2.24, 2.45) is 17.8 Å². The molecule has 0 saturated heterocycles. The van der Waals surface area contributed by atoms with Gasteiger partial charge >= 0.3 is 0 Å². The van der Waals surface area contributed by atoms with Crippen molar-refractivity contribution < 1.29 is 4.74 Å². The molecule has 2 saturated carbocycles. The van der Waals surface area contributed by atoms with Gasteiger partial charge in [-0.3, -0.25) is 0 Å². The summed E-state index contributed by atoms with van der Waals surface area (Å²) in [5, 5.41) is 0. The third kappa shape index (κ3) is 7.14. The maximum atomic E-state index is 5.73. The van der Waals surface area contributed by atoms with Crippen molar-refractivity contribution in [3.05, 3.63) is 60.2 Å². The van der Waals surface area contributed by atoms with Crippen LogP contribution in [0.15, 0.2) is 49.1 Å². The Kier molecular flexibility index (Phi) is 9.54. The molecule has 1 nitrogen and oxygen atoms in total. The van der Waals surface area contributed by atoms with Crippen LogP contribution in [0.2, 0.25) is 0 Å². The molecule has 1 aromatic rings. The molecule has 2 aliphatic carbocycles. The second kappa shape index (κ2) is 12.4. The molecule has 0 atom stereocenters. The Morgan fingerprint density at radius 1 is 0.897 bits per heavy atom. The lowest BCUT2D eigenvalue weighted by Gasteiger charge is -2.38. The highest BCUT2D eigenvalue weighted by Crippen LogP contribution is 2.44. The van der Waals surface area contributed by atoms with Crippen LogP contribution in [-0.4, -0.2) is 6.61 Å². The van der Waals surface area contributed by atoms with Gasteiger partial charge in [-0.1, -0.05) is 62.3 Å². The lowest BCUT2D eigenvalue weighted by atomic mass is 9.68. The smallest absolute Gasteiger partial charge is 0.0721 e. The van der Waals surface area contributed by atoms with E-state index in [-0.39, 0.29) is 0 Å². The monoisotopic (exact) mass is 394 g/mol. The van der Waals surface area contributed by atoms with E-state index in [0.717, 1.165) is 43.3 Å². The molecule has 1 heteroatoms. The van der Waals surface area contributed by atoms with Crippen LogP contribution < -0.4 is 0 Å². The topological polar surface area (TPSA) is 9.23 Å². The van der Waals surface area contributed by atoms with Gasteiger partial charge in [-0.05, 0) is 92.6 Å². The van der Waals surface area contributed by atoms with E-state index < -0.39 is 0 Å². The van der Waals surface area contributed by atoms with E-state index in [1.165, 1.54) is 69.8 Å². The van der Waals surface area contributed by atoms with Crippen LogP contribution >= 0.6 is 0 Å². The molecule has 0 bridgehead atoms. The van der Waals surface area contributed by atoms with Crippen molar-refractivity contribution in [1.29, 1.82) is 0 Å². The molecule has 1 aromatic carbocycles. The highest BCUT2D eigenvalue weighted by Gasteiger charge is 2.31. The number of hydrogen-bond acceptors (Lipinski definition) is 1. The van der Waals surface area contributed by atoms with E-state index >= 15 is 0 Å². The number of allylic oxidation sites excluding steroid dienone is 2. The SMILES string of the molecule is C=CCCC1CCC(C2CCC(c3ccc(COCC=CCC)cc3)CC2)CC1. The predicted molar refractivity (Wildman–Crippen MR) is 125 cm³/mol. The van der Waals surface area contributed by atoms with Gasteiger partial charge in [-0.2, -0.15) is 0 Å². The summed E-state index contributed by atoms with van der Waals surface area (Å²) in [5.74, 6) is 3.76. The molecule has 0 heterocycles. The maximum Gasteiger partial charge on any atom is 0.0721 e. The molecule has 0 amide bonds. The molecule has 0 N–H and O–H groups in total. The summed E-state index contributed by atoms with van der Waals surface area (Å²) in [5.41, 5.74) is 2.84. The average Bonchev–Trinajstić information content (AvgIpc) is 2.78. The number of rotatable bonds is 10. The summed E-state index contributed by atoms with van der Waals surface area (Å²) in [6.07, 6.45) is 21.6. The lowest BCUT2D eigenvalue weighted by molar-refractivity contribution is 0.148. The predicted octanol–water partition coefficient (Wildman–Crippen LogP) is 8.22. The molecular formula is C28H42O. The van der Waals surface area contributed by atoms with E-state index in [4.69, 9.17) is 4.74 Å². The summed E-state index contributed by atoms with van der Waals surface area (Å²) < 4.78 is 5.73. The zero-order chi connectivity index (χ0) is 20.3. The Balaban J connectivity index is 1.38. The Morgan fingerprint density at radius 3 is 2.17 bits per heavy atom. The van der Waals surface area contributed by atoms with Crippen molar-refractivity contribution in [1.82, 2.24) is 0 Å². The summed E-state index contributed by atoms with van der Waals surface area (Å²) >= 11 is 0. The van der Waals surface area contributed by atoms with Gasteiger partial charge < -0.3 is 4.74 Å². The second-order valence-electron chi connectivity index (χ2n) is 9.39. The van der Waals surface area contributed by atoms with E-state index in [1.807, 2.05) is 0 Å². The highest BCUT2D eigenvalue weighted by atomic mass is 16.5. The minimum absolute atomic E-state index is 0.718. The normalized spacial score (nSPS) is 27.9. The van der Waals surface area contributed by atoms with Gasteiger partial charge in [0, 0.05) is 0 Å². The molecule has 0 aromatic heterocycles. The Morgan fingerprint density at radius 2 is 1.55 bits per heavy atom. The Bertz CT molecular complexity index is 598. The minimum Gasteiger partial charge on any atom is -0.373 e. The first-order valence-electron chi connectivity index (χ1n) is 12.2. The van der Waals surface area contributed by atoms with Crippen molar-refractivity contribution in [3.8, 4) is 0 Å². The van der Waals surface area contributed by atoms with Crippen LogP contribution in [0.3, 0.4) is 0 Å². The largest absolute Gasteiger partial charge is 0.373 e. The van der Waals surface area contributed by atoms with Crippen LogP contribution in [0.25, 0.3) is 0 Å². The first-order chi connectivity index (χ1) is 14.3. The molecule has 29 heavy (non-hydrogen) atoms. The van der Waals surface area contributed by atoms with Gasteiger partial charge in [0.1, 0.15) is 0 Å². The summed E-state index contributed by atoms with van der Waals surface area (Å²) in [4.78, 5) is 0. The summed E-state index contributed by atoms with van der Waals surface area (Å²) in [7, 11) is 0. The molecule has 0 spiro atoms. The average molecular weight is 395 g/mol. The van der Waals surface area contributed by atoms with Gasteiger partial charge in [0.2, 0.25) is 0 Å². The molecular weight excluding hydrogens is 352 g/mol. The van der Waals surface area contributed by atoms with Crippen LogP contribution in [0.4, 0.5) is 0 Å². The van der Waals surface area contributed by atoms with Crippen molar-refractivity contribution in [2.75, 3.05) is 6.61 Å². The van der Waals surface area contributed by atoms with Gasteiger partial charge in [0.25, 0.3) is 0 Å². The fourth-order valence-electron chi connectivity index (χ4n) is 5.59. The fraction of sp³-hybridized carbons (Fsp3) is 0.643. The number of hydrogen-bond donors (Lipinski definition) is 0. The molecule has 0 radical (unpaired) electrons. The van der Waals surface area contributed by atoms with E-state index in [9.17, 15) is 0 Å². The highest BCUT2D eigenvalue weighted by molar-refractivity contribution is 5.25. The van der Waals surface area contributed by atoms with Crippen molar-refractivity contribution in [3.63, 3.8) is 0 Å². The quantitative estimate of drug-likeness (QED) is 0.287. The number of ether oxygens (including phenoxy) is 1. The number of benzene rings is 1. The Labute approximate surface area is 179 Å². The minimum atomic E-state index is 0.718. The molecule has 2 fully saturated rings. The second-order valence-corrected chi connectivity index (χ2v) is 9.39. The van der Waals surface area contributed by atoms with Crippen LogP contribution in [0, 0.1) is 17.8 Å².